The molecule has 0 aliphatic rings. The van der Waals surface area contributed by atoms with E-state index in [-0.39, 0.29) is 11.3 Å². The first kappa shape index (κ1) is 21.4. The van der Waals surface area contributed by atoms with E-state index in [1.54, 1.807) is 27.0 Å². The van der Waals surface area contributed by atoms with Gasteiger partial charge in [-0.2, -0.15) is 0 Å². The molecule has 5 nitrogen and oxygen atoms in total. The number of methoxy groups -OCH3 is 1. The first-order valence-corrected chi connectivity index (χ1v) is 10.4. The number of carbonyl (C=O) groups excluding carboxylic acids is 1. The summed E-state index contributed by atoms with van der Waals surface area (Å²) in [5.41, 5.74) is 0.892. The Bertz CT molecular complexity index is 1040. The molecular weight excluding hydrogens is 408 g/mol. The highest BCUT2D eigenvalue weighted by Gasteiger charge is 2.31. The predicted molar refractivity (Wildman–Crippen MR) is 120 cm³/mol. The Kier molecular flexibility index (Phi) is 5.79. The molecule has 154 valence electrons. The van der Waals surface area contributed by atoms with Gasteiger partial charge in [0.15, 0.2) is 10.7 Å². The van der Waals surface area contributed by atoms with Gasteiger partial charge in [-0.05, 0) is 43.0 Å². The molecular formula is C22H25ClN2O3S. The number of aromatic nitrogens is 1. The van der Waals surface area contributed by atoms with Crippen LogP contribution in [-0.4, -0.2) is 23.6 Å². The van der Waals surface area contributed by atoms with Crippen LogP contribution in [0.15, 0.2) is 36.4 Å². The lowest BCUT2D eigenvalue weighted by atomic mass is 9.87. The third-order valence-corrected chi connectivity index (χ3v) is 5.75. The van der Waals surface area contributed by atoms with Crippen molar-refractivity contribution in [3.05, 3.63) is 47.0 Å². The van der Waals surface area contributed by atoms with E-state index in [4.69, 9.17) is 21.1 Å². The van der Waals surface area contributed by atoms with Crippen LogP contribution in [-0.2, 0) is 10.2 Å². The van der Waals surface area contributed by atoms with Crippen LogP contribution in [0.3, 0.4) is 0 Å². The van der Waals surface area contributed by atoms with Gasteiger partial charge in [-0.25, -0.2) is 4.98 Å². The Morgan fingerprint density at radius 2 is 1.76 bits per heavy atom. The van der Waals surface area contributed by atoms with Crippen LogP contribution in [0.25, 0.3) is 10.2 Å². The second kappa shape index (κ2) is 7.84. The number of fused-ring (bicyclic) bond motifs is 1. The molecule has 0 fully saturated rings. The Labute approximate surface area is 180 Å². The van der Waals surface area contributed by atoms with E-state index >= 15 is 0 Å². The summed E-state index contributed by atoms with van der Waals surface area (Å²) in [7, 11) is 1.56. The second-order valence-corrected chi connectivity index (χ2v) is 9.75. The van der Waals surface area contributed by atoms with Crippen LogP contribution in [0.4, 0.5) is 5.13 Å². The zero-order valence-corrected chi connectivity index (χ0v) is 19.0. The number of hydrogen-bond donors (Lipinski definition) is 1. The fourth-order valence-electron chi connectivity index (χ4n) is 2.75. The number of rotatable bonds is 5. The van der Waals surface area contributed by atoms with Crippen molar-refractivity contribution in [3.63, 3.8) is 0 Å². The molecule has 0 aliphatic heterocycles. The molecule has 3 rings (SSSR count). The molecule has 0 aliphatic carbocycles. The average Bonchev–Trinajstić information content (AvgIpc) is 3.01. The maximum Gasteiger partial charge on any atom is 0.269 e. The molecule has 0 saturated carbocycles. The van der Waals surface area contributed by atoms with E-state index in [2.05, 4.69) is 31.1 Å². The van der Waals surface area contributed by atoms with Crippen LogP contribution in [0, 0.1) is 0 Å². The molecule has 29 heavy (non-hydrogen) atoms. The van der Waals surface area contributed by atoms with E-state index in [0.717, 1.165) is 4.70 Å². The van der Waals surface area contributed by atoms with Gasteiger partial charge in [-0.1, -0.05) is 55.8 Å². The Morgan fingerprint density at radius 3 is 2.34 bits per heavy atom. The molecule has 2 aromatic carbocycles. The zero-order valence-electron chi connectivity index (χ0n) is 17.4. The molecule has 1 aromatic heterocycles. The van der Waals surface area contributed by atoms with Crippen LogP contribution in [0.5, 0.6) is 11.5 Å². The maximum atomic E-state index is 12.8. The number of benzene rings is 2. The Hall–Kier alpha value is -2.31. The van der Waals surface area contributed by atoms with Crippen molar-refractivity contribution < 1.29 is 14.3 Å². The number of anilines is 1. The number of hydrogen-bond acceptors (Lipinski definition) is 5. The predicted octanol–water partition coefficient (Wildman–Crippen LogP) is 6.05. The summed E-state index contributed by atoms with van der Waals surface area (Å²) in [5, 5.41) is 3.80. The summed E-state index contributed by atoms with van der Waals surface area (Å²) in [4.78, 5) is 17.3. The fourth-order valence-corrected chi connectivity index (χ4v) is 3.86. The quantitative estimate of drug-likeness (QED) is 0.532. The van der Waals surface area contributed by atoms with Crippen LogP contribution < -0.4 is 14.8 Å². The summed E-state index contributed by atoms with van der Waals surface area (Å²) in [6, 6.07) is 11.4. The number of nitrogens with one attached hydrogen (secondary N) is 1. The minimum absolute atomic E-state index is 0.0594. The standard InChI is InChI=1S/C22H25ClN2O3S/c1-21(2,3)13-7-9-14(10-8-13)28-22(4,5)19(26)25-20-24-16-11-15(23)17(27-6)12-18(16)29-20/h7-12H,1-6H3,(H,24,25,26). The van der Waals surface area contributed by atoms with Gasteiger partial charge in [-0.3, -0.25) is 10.1 Å². The molecule has 1 N–H and O–H groups in total. The van der Waals surface area contributed by atoms with Gasteiger partial charge in [0.05, 0.1) is 22.3 Å². The van der Waals surface area contributed by atoms with Gasteiger partial charge in [0.2, 0.25) is 0 Å². The smallest absolute Gasteiger partial charge is 0.269 e. The van der Waals surface area contributed by atoms with E-state index in [1.165, 1.54) is 16.9 Å². The highest BCUT2D eigenvalue weighted by Crippen LogP contribution is 2.35. The van der Waals surface area contributed by atoms with E-state index < -0.39 is 5.60 Å². The minimum Gasteiger partial charge on any atom is -0.495 e. The second-order valence-electron chi connectivity index (χ2n) is 8.31. The monoisotopic (exact) mass is 432 g/mol. The number of carbonyl (C=O) groups is 1. The molecule has 0 bridgehead atoms. The van der Waals surface area contributed by atoms with Crippen LogP contribution in [0.1, 0.15) is 40.2 Å². The van der Waals surface area contributed by atoms with Crippen molar-refractivity contribution >= 4 is 44.2 Å². The van der Waals surface area contributed by atoms with Crippen molar-refractivity contribution in [1.82, 2.24) is 4.98 Å². The molecule has 1 amide bonds. The highest BCUT2D eigenvalue weighted by molar-refractivity contribution is 7.22. The number of nitrogens with zero attached hydrogens (tertiary/aromatic N) is 1. The molecule has 3 aromatic rings. The van der Waals surface area contributed by atoms with Gasteiger partial charge in [0, 0.05) is 6.07 Å². The van der Waals surface area contributed by atoms with Gasteiger partial charge in [-0.15, -0.1) is 0 Å². The van der Waals surface area contributed by atoms with Gasteiger partial charge < -0.3 is 9.47 Å². The molecule has 0 saturated heterocycles. The third kappa shape index (κ3) is 4.82. The number of thiazole rings is 1. The van der Waals surface area contributed by atoms with Crippen LogP contribution in [0.2, 0.25) is 5.02 Å². The summed E-state index contributed by atoms with van der Waals surface area (Å²) in [6.07, 6.45) is 0. The molecule has 1 heterocycles. The number of halogens is 1. The van der Waals surface area contributed by atoms with Crippen LogP contribution >= 0.6 is 22.9 Å². The van der Waals surface area contributed by atoms with E-state index in [9.17, 15) is 4.79 Å². The highest BCUT2D eigenvalue weighted by atomic mass is 35.5. The summed E-state index contributed by atoms with van der Waals surface area (Å²) in [6.45, 7) is 9.92. The largest absolute Gasteiger partial charge is 0.495 e. The van der Waals surface area contributed by atoms with Crippen molar-refractivity contribution in [1.29, 1.82) is 0 Å². The molecule has 7 heteroatoms. The van der Waals surface area contributed by atoms with Crippen molar-refractivity contribution in [3.8, 4) is 11.5 Å². The third-order valence-electron chi connectivity index (χ3n) is 4.52. The Morgan fingerprint density at radius 1 is 1.10 bits per heavy atom. The fraction of sp³-hybridized carbons (Fsp3) is 0.364. The maximum absolute atomic E-state index is 12.8. The number of amides is 1. The van der Waals surface area contributed by atoms with E-state index in [0.29, 0.717) is 27.2 Å². The molecule has 0 unspecified atom stereocenters. The first-order valence-electron chi connectivity index (χ1n) is 9.25. The Balaban J connectivity index is 1.74. The normalized spacial score (nSPS) is 12.1. The average molecular weight is 433 g/mol. The van der Waals surface area contributed by atoms with Gasteiger partial charge in [0.1, 0.15) is 11.5 Å². The SMILES string of the molecule is COc1cc2sc(NC(=O)C(C)(C)Oc3ccc(C(C)(C)C)cc3)nc2cc1Cl. The molecule has 0 radical (unpaired) electrons. The first-order chi connectivity index (χ1) is 13.5. The lowest BCUT2D eigenvalue weighted by Gasteiger charge is -2.25. The molecule has 0 atom stereocenters. The molecule has 0 spiro atoms. The summed E-state index contributed by atoms with van der Waals surface area (Å²) < 4.78 is 12.1. The lowest BCUT2D eigenvalue weighted by Crippen LogP contribution is -2.42. The van der Waals surface area contributed by atoms with Crippen molar-refractivity contribution in [2.75, 3.05) is 12.4 Å². The topological polar surface area (TPSA) is 60.5 Å². The van der Waals surface area contributed by atoms with E-state index in [1.807, 2.05) is 30.3 Å². The van der Waals surface area contributed by atoms with Crippen molar-refractivity contribution in [2.24, 2.45) is 0 Å². The summed E-state index contributed by atoms with van der Waals surface area (Å²) >= 11 is 7.51. The van der Waals surface area contributed by atoms with Gasteiger partial charge in [0.25, 0.3) is 5.91 Å². The van der Waals surface area contributed by atoms with Crippen molar-refractivity contribution in [2.45, 2.75) is 45.6 Å². The zero-order chi connectivity index (χ0) is 21.4. The summed E-state index contributed by atoms with van der Waals surface area (Å²) in [5.74, 6) is 0.927. The minimum atomic E-state index is -1.07. The lowest BCUT2D eigenvalue weighted by molar-refractivity contribution is -0.128. The number of ether oxygens (including phenoxy) is 2. The van der Waals surface area contributed by atoms with Gasteiger partial charge >= 0.3 is 0 Å².